The van der Waals surface area contributed by atoms with Gasteiger partial charge in [0.05, 0.1) is 5.39 Å². The molecule has 40 heavy (non-hydrogen) atoms. The fourth-order valence-corrected chi connectivity index (χ4v) is 6.62. The van der Waals surface area contributed by atoms with Gasteiger partial charge in [0.15, 0.2) is 11.2 Å². The summed E-state index contributed by atoms with van der Waals surface area (Å²) < 4.78 is 20.7. The van der Waals surface area contributed by atoms with Gasteiger partial charge in [0.1, 0.15) is 33.7 Å². The van der Waals surface area contributed by atoms with Gasteiger partial charge in [-0.3, -0.25) is 9.97 Å². The van der Waals surface area contributed by atoms with E-state index in [1.807, 2.05) is 54.6 Å². The number of ether oxygens (including phenoxy) is 1. The van der Waals surface area contributed by atoms with Crippen molar-refractivity contribution < 1.29 is 13.6 Å². The molecule has 0 aliphatic rings. The Balaban J connectivity index is 1.13. The number of hydrogen-bond donors (Lipinski definition) is 0. The Bertz CT molecular complexity index is 2430. The van der Waals surface area contributed by atoms with E-state index in [1.165, 1.54) is 20.2 Å². The summed E-state index contributed by atoms with van der Waals surface area (Å²) in [6.45, 7) is 0. The van der Waals surface area contributed by atoms with Crippen molar-refractivity contribution in [1.29, 1.82) is 0 Å². The summed E-state index contributed by atoms with van der Waals surface area (Å²) in [4.78, 5) is 9.04. The second-order valence-electron chi connectivity index (χ2n) is 9.85. The van der Waals surface area contributed by atoms with Gasteiger partial charge in [-0.25, -0.2) is 0 Å². The standard InChI is InChI=1S/C34H18N2O3S/c1-3-29-33(35-13-1)25-16-19(5-9-27(25)38-29)20-6-11-31-23(15-20)24-17-22(8-12-32(24)40-31)37-21-7-10-28-26(18-21)34-30(39-28)4-2-14-36-34/h1-18H. The molecule has 5 aromatic heterocycles. The van der Waals surface area contributed by atoms with E-state index < -0.39 is 0 Å². The van der Waals surface area contributed by atoms with Crippen LogP contribution in [-0.2, 0) is 0 Å². The Morgan fingerprint density at radius 3 is 1.75 bits per heavy atom. The Morgan fingerprint density at radius 1 is 0.500 bits per heavy atom. The minimum absolute atomic E-state index is 0.745. The molecule has 9 rings (SSSR count). The molecule has 0 saturated carbocycles. The molecule has 4 aromatic carbocycles. The highest BCUT2D eigenvalue weighted by molar-refractivity contribution is 7.25. The maximum absolute atomic E-state index is 6.34. The second-order valence-corrected chi connectivity index (χ2v) is 10.9. The molecule has 6 heteroatoms. The van der Waals surface area contributed by atoms with Crippen LogP contribution in [0, 0.1) is 0 Å². The number of benzene rings is 4. The van der Waals surface area contributed by atoms with Crippen LogP contribution < -0.4 is 4.74 Å². The molecule has 188 valence electrons. The number of aromatic nitrogens is 2. The third-order valence-electron chi connectivity index (χ3n) is 7.43. The highest BCUT2D eigenvalue weighted by Crippen LogP contribution is 2.40. The predicted octanol–water partition coefficient (Wildman–Crippen LogP) is 10.1. The predicted molar refractivity (Wildman–Crippen MR) is 161 cm³/mol. The average molecular weight is 535 g/mol. The maximum atomic E-state index is 6.34. The highest BCUT2D eigenvalue weighted by atomic mass is 32.1. The first-order chi connectivity index (χ1) is 19.8. The van der Waals surface area contributed by atoms with Crippen LogP contribution in [0.4, 0.5) is 0 Å². The largest absolute Gasteiger partial charge is 0.457 e. The third kappa shape index (κ3) is 3.26. The van der Waals surface area contributed by atoms with Gasteiger partial charge in [-0.15, -0.1) is 11.3 Å². The number of thiophene rings is 1. The van der Waals surface area contributed by atoms with E-state index in [0.29, 0.717) is 0 Å². The Hall–Kier alpha value is -5.20. The Kier molecular flexibility index (Phi) is 4.42. The van der Waals surface area contributed by atoms with Gasteiger partial charge >= 0.3 is 0 Å². The molecule has 5 heterocycles. The molecule has 0 bridgehead atoms. The number of pyridine rings is 2. The molecule has 0 aliphatic heterocycles. The zero-order valence-corrected chi connectivity index (χ0v) is 21.7. The van der Waals surface area contributed by atoms with Crippen LogP contribution in [0.2, 0.25) is 0 Å². The van der Waals surface area contributed by atoms with E-state index in [2.05, 4.69) is 52.4 Å². The lowest BCUT2D eigenvalue weighted by molar-refractivity contribution is 0.484. The fraction of sp³-hybridized carbons (Fsp3) is 0. The summed E-state index contributed by atoms with van der Waals surface area (Å²) in [7, 11) is 0. The summed E-state index contributed by atoms with van der Waals surface area (Å²) in [5.74, 6) is 1.53. The van der Waals surface area contributed by atoms with Crippen LogP contribution in [0.1, 0.15) is 0 Å². The molecule has 0 N–H and O–H groups in total. The zero-order valence-electron chi connectivity index (χ0n) is 20.9. The second kappa shape index (κ2) is 8.15. The molecule has 9 aromatic rings. The normalized spacial score (nSPS) is 12.0. The Morgan fingerprint density at radius 2 is 1.02 bits per heavy atom. The van der Waals surface area contributed by atoms with Gasteiger partial charge in [0.2, 0.25) is 0 Å². The summed E-state index contributed by atoms with van der Waals surface area (Å²) in [5.41, 5.74) is 7.22. The van der Waals surface area contributed by atoms with E-state index in [-0.39, 0.29) is 0 Å². The van der Waals surface area contributed by atoms with Gasteiger partial charge in [0, 0.05) is 38.0 Å². The number of nitrogens with zero attached hydrogens (tertiary/aromatic N) is 2. The van der Waals surface area contributed by atoms with Crippen LogP contribution in [-0.4, -0.2) is 9.97 Å². The van der Waals surface area contributed by atoms with E-state index in [0.717, 1.165) is 66.8 Å². The smallest absolute Gasteiger partial charge is 0.153 e. The fourth-order valence-electron chi connectivity index (χ4n) is 5.55. The molecule has 0 spiro atoms. The van der Waals surface area contributed by atoms with Crippen molar-refractivity contribution in [3.8, 4) is 22.6 Å². The maximum Gasteiger partial charge on any atom is 0.153 e. The number of rotatable bonds is 3. The number of hydrogen-bond acceptors (Lipinski definition) is 6. The van der Waals surface area contributed by atoms with Crippen LogP contribution in [0.25, 0.3) is 75.4 Å². The minimum atomic E-state index is 0.745. The Labute approximate surface area is 230 Å². The average Bonchev–Trinajstić information content (AvgIpc) is 3.67. The zero-order chi connectivity index (χ0) is 26.2. The molecule has 0 aliphatic carbocycles. The lowest BCUT2D eigenvalue weighted by Gasteiger charge is -2.06. The molecule has 0 fully saturated rings. The first kappa shape index (κ1) is 21.7. The van der Waals surface area contributed by atoms with E-state index >= 15 is 0 Å². The van der Waals surface area contributed by atoms with Crippen LogP contribution in [0.15, 0.2) is 118 Å². The highest BCUT2D eigenvalue weighted by Gasteiger charge is 2.13. The van der Waals surface area contributed by atoms with Gasteiger partial charge in [0.25, 0.3) is 0 Å². The minimum Gasteiger partial charge on any atom is -0.457 e. The van der Waals surface area contributed by atoms with E-state index in [9.17, 15) is 0 Å². The van der Waals surface area contributed by atoms with Crippen LogP contribution >= 0.6 is 11.3 Å². The lowest BCUT2D eigenvalue weighted by Crippen LogP contribution is -1.84. The summed E-state index contributed by atoms with van der Waals surface area (Å²) in [6.07, 6.45) is 3.58. The molecule has 0 unspecified atom stereocenters. The lowest BCUT2D eigenvalue weighted by atomic mass is 10.0. The van der Waals surface area contributed by atoms with Crippen LogP contribution in [0.3, 0.4) is 0 Å². The molecular formula is C34H18N2O3S. The summed E-state index contributed by atoms with van der Waals surface area (Å²) >= 11 is 1.79. The third-order valence-corrected chi connectivity index (χ3v) is 8.58. The quantitative estimate of drug-likeness (QED) is 0.226. The van der Waals surface area contributed by atoms with Crippen molar-refractivity contribution >= 4 is 75.6 Å². The molecule has 0 saturated heterocycles. The molecule has 5 nitrogen and oxygen atoms in total. The van der Waals surface area contributed by atoms with Gasteiger partial charge in [-0.05, 0) is 96.1 Å². The molecule has 0 radical (unpaired) electrons. The first-order valence-electron chi connectivity index (χ1n) is 13.0. The van der Waals surface area contributed by atoms with Crippen LogP contribution in [0.5, 0.6) is 11.5 Å². The van der Waals surface area contributed by atoms with Crippen molar-refractivity contribution in [2.24, 2.45) is 0 Å². The van der Waals surface area contributed by atoms with Crippen molar-refractivity contribution in [3.63, 3.8) is 0 Å². The van der Waals surface area contributed by atoms with Crippen molar-refractivity contribution in [2.45, 2.75) is 0 Å². The topological polar surface area (TPSA) is 61.3 Å². The van der Waals surface area contributed by atoms with Crippen molar-refractivity contribution in [3.05, 3.63) is 109 Å². The van der Waals surface area contributed by atoms with Gasteiger partial charge in [-0.2, -0.15) is 0 Å². The monoisotopic (exact) mass is 534 g/mol. The van der Waals surface area contributed by atoms with E-state index in [4.69, 9.17) is 13.6 Å². The van der Waals surface area contributed by atoms with Gasteiger partial charge in [-0.1, -0.05) is 12.1 Å². The number of furan rings is 2. The molecular weight excluding hydrogens is 516 g/mol. The van der Waals surface area contributed by atoms with E-state index in [1.54, 1.807) is 23.7 Å². The molecule has 0 atom stereocenters. The van der Waals surface area contributed by atoms with Crippen molar-refractivity contribution in [2.75, 3.05) is 0 Å². The summed E-state index contributed by atoms with van der Waals surface area (Å²) in [5, 5.41) is 4.35. The van der Waals surface area contributed by atoms with Crippen molar-refractivity contribution in [1.82, 2.24) is 9.97 Å². The summed E-state index contributed by atoms with van der Waals surface area (Å²) in [6, 6.07) is 32.8. The molecule has 0 amide bonds. The van der Waals surface area contributed by atoms with Gasteiger partial charge < -0.3 is 13.6 Å². The number of fused-ring (bicyclic) bond motifs is 9. The SMILES string of the molecule is c1cnc2c(c1)oc1ccc(Oc3ccc4sc5ccc(-c6ccc7oc8cccnc8c7c6)cc5c4c3)cc12. The first-order valence-corrected chi connectivity index (χ1v) is 13.8.